The van der Waals surface area contributed by atoms with E-state index in [1.165, 1.54) is 15.8 Å². The van der Waals surface area contributed by atoms with Crippen LogP contribution in [0.25, 0.3) is 0 Å². The third kappa shape index (κ3) is 27.7. The van der Waals surface area contributed by atoms with E-state index in [0.717, 1.165) is 0 Å². The van der Waals surface area contributed by atoms with E-state index in [0.29, 0.717) is 0 Å². The van der Waals surface area contributed by atoms with Gasteiger partial charge in [-0.15, -0.1) is 0 Å². The maximum Gasteiger partial charge on any atom is 2.00 e. The standard InChI is InChI=1S/Al.Mg.2H2O.H2P.2H/h;;3*1H2;;/q+1;+2;;;-1;;/p-2. The van der Waals surface area contributed by atoms with Crippen LogP contribution in [0, 0.1) is 0 Å². The van der Waals surface area contributed by atoms with Crippen molar-refractivity contribution >= 4 is 46.8 Å². The predicted octanol–water partition coefficient (Wildman–Crippen LogP) is -1.32. The van der Waals surface area contributed by atoms with Crippen molar-refractivity contribution in [1.82, 2.24) is 0 Å². The molecule has 1 atom stereocenters. The van der Waals surface area contributed by atoms with Gasteiger partial charge in [0.15, 0.2) is 0 Å². The SMILES string of the molecule is [AlH2][PH2].[Mg+2].[OH-].[OH-]. The molecule has 2 nitrogen and oxygen atoms in total. The van der Waals surface area contributed by atoms with Crippen LogP contribution in [0.4, 0.5) is 0 Å². The summed E-state index contributed by atoms with van der Waals surface area (Å²) >= 11 is 1.22. The largest absolute Gasteiger partial charge is 2.00 e. The van der Waals surface area contributed by atoms with Gasteiger partial charge in [0.1, 0.15) is 0 Å². The Morgan fingerprint density at radius 3 is 1.00 bits per heavy atom. The van der Waals surface area contributed by atoms with Crippen molar-refractivity contribution < 1.29 is 11.0 Å². The van der Waals surface area contributed by atoms with E-state index < -0.39 is 0 Å². The van der Waals surface area contributed by atoms with Crippen LogP contribution in [0.5, 0.6) is 0 Å². The molecule has 2 N–H and O–H groups in total. The van der Waals surface area contributed by atoms with Crippen LogP contribution < -0.4 is 0 Å². The van der Waals surface area contributed by atoms with Gasteiger partial charge in [0.25, 0.3) is 0 Å². The van der Waals surface area contributed by atoms with Crippen LogP contribution in [0.3, 0.4) is 0 Å². The summed E-state index contributed by atoms with van der Waals surface area (Å²) < 4.78 is 0. The average Bonchev–Trinajstić information content (AvgIpc) is 1.00. The van der Waals surface area contributed by atoms with Crippen LogP contribution in [-0.2, 0) is 0 Å². The molecule has 0 fully saturated rings. The van der Waals surface area contributed by atoms with Gasteiger partial charge in [-0.25, -0.2) is 7.89 Å². The van der Waals surface area contributed by atoms with Gasteiger partial charge in [0.2, 0.25) is 15.8 Å². The van der Waals surface area contributed by atoms with Crippen molar-refractivity contribution in [3.8, 4) is 0 Å². The summed E-state index contributed by atoms with van der Waals surface area (Å²) in [5, 5.41) is 0. The summed E-state index contributed by atoms with van der Waals surface area (Å²) in [4.78, 5) is 0. The molecule has 5 heteroatoms. The second-order valence-corrected chi connectivity index (χ2v) is 0. The van der Waals surface area contributed by atoms with E-state index >= 15 is 0 Å². The van der Waals surface area contributed by atoms with E-state index in [1.54, 1.807) is 0 Å². The van der Waals surface area contributed by atoms with Crippen molar-refractivity contribution in [2.24, 2.45) is 0 Å². The molecule has 1 unspecified atom stereocenters. The Balaban J connectivity index is -0.00000000167. The molecular formula is H6AlMgO2P. The van der Waals surface area contributed by atoms with Crippen molar-refractivity contribution in [2.45, 2.75) is 0 Å². The molecule has 0 aromatic heterocycles. The molecule has 0 saturated carbocycles. The Labute approximate surface area is 57.7 Å². The van der Waals surface area contributed by atoms with Crippen LogP contribution in [0.15, 0.2) is 0 Å². The van der Waals surface area contributed by atoms with E-state index in [2.05, 4.69) is 7.89 Å². The number of hydrogen-bond acceptors (Lipinski definition) is 2. The summed E-state index contributed by atoms with van der Waals surface area (Å²) in [7, 11) is 2.56. The second-order valence-electron chi connectivity index (χ2n) is 0. The number of hydrogen-bond donors (Lipinski definition) is 0. The molecule has 0 radical (unpaired) electrons. The van der Waals surface area contributed by atoms with E-state index in [4.69, 9.17) is 0 Å². The first-order valence-corrected chi connectivity index (χ1v) is 5.20. The predicted molar refractivity (Wildman–Crippen MR) is 27.9 cm³/mol. The molecule has 0 rings (SSSR count). The Hall–Kier alpha value is 1.65. The molecule has 0 aromatic rings. The van der Waals surface area contributed by atoms with Crippen LogP contribution in [-0.4, -0.2) is 49.8 Å². The molecule has 0 heterocycles. The molecule has 28 valence electrons. The van der Waals surface area contributed by atoms with Gasteiger partial charge >= 0.3 is 23.1 Å². The van der Waals surface area contributed by atoms with Gasteiger partial charge in [0.05, 0.1) is 0 Å². The fourth-order valence-electron chi connectivity index (χ4n) is 0. The smallest absolute Gasteiger partial charge is 0.870 e. The quantitative estimate of drug-likeness (QED) is 0.294. The Bertz CT molecular complexity index is 9.61. The number of rotatable bonds is 0. The third-order valence-electron chi connectivity index (χ3n) is 0. The topological polar surface area (TPSA) is 60.0 Å². The zero-order valence-electron chi connectivity index (χ0n) is 3.18. The van der Waals surface area contributed by atoms with Crippen molar-refractivity contribution in [2.75, 3.05) is 0 Å². The van der Waals surface area contributed by atoms with Gasteiger partial charge in [-0.05, 0) is 0 Å². The average molecular weight is 120 g/mol. The normalized spacial score (nSPS) is 1.00. The van der Waals surface area contributed by atoms with E-state index in [1.807, 2.05) is 0 Å². The molecule has 0 aliphatic heterocycles. The minimum absolute atomic E-state index is 0. The van der Waals surface area contributed by atoms with Crippen LogP contribution in [0.2, 0.25) is 0 Å². The minimum atomic E-state index is 0. The molecule has 0 aliphatic carbocycles. The zero-order valence-corrected chi connectivity index (χ0v) is 7.75. The molecule has 0 aromatic carbocycles. The summed E-state index contributed by atoms with van der Waals surface area (Å²) in [5.41, 5.74) is 0. The van der Waals surface area contributed by atoms with E-state index in [-0.39, 0.29) is 34.0 Å². The van der Waals surface area contributed by atoms with Crippen molar-refractivity contribution in [1.29, 1.82) is 0 Å². The molecule has 0 aliphatic rings. The van der Waals surface area contributed by atoms with Gasteiger partial charge in [-0.3, -0.25) is 0 Å². The molecule has 0 saturated heterocycles. The molecule has 0 spiro atoms. The van der Waals surface area contributed by atoms with Crippen LogP contribution >= 0.6 is 7.89 Å². The summed E-state index contributed by atoms with van der Waals surface area (Å²) in [6, 6.07) is 0. The maximum absolute atomic E-state index is 2.56. The Morgan fingerprint density at radius 1 is 1.00 bits per heavy atom. The van der Waals surface area contributed by atoms with E-state index in [9.17, 15) is 0 Å². The minimum Gasteiger partial charge on any atom is -0.870 e. The van der Waals surface area contributed by atoms with Gasteiger partial charge in [-0.2, -0.15) is 0 Å². The van der Waals surface area contributed by atoms with Gasteiger partial charge < -0.3 is 11.0 Å². The Kier molecular flexibility index (Phi) is 272. The van der Waals surface area contributed by atoms with Crippen molar-refractivity contribution in [3.63, 3.8) is 0 Å². The van der Waals surface area contributed by atoms with Gasteiger partial charge in [-0.1, -0.05) is 0 Å². The summed E-state index contributed by atoms with van der Waals surface area (Å²) in [6.07, 6.45) is 0. The maximum atomic E-state index is 2.56. The van der Waals surface area contributed by atoms with Crippen molar-refractivity contribution in [3.05, 3.63) is 0 Å². The molecule has 0 bridgehead atoms. The monoisotopic (exact) mass is 120 g/mol. The third-order valence-corrected chi connectivity index (χ3v) is 0. The summed E-state index contributed by atoms with van der Waals surface area (Å²) in [6.45, 7) is 0. The molecular weight excluding hydrogens is 114 g/mol. The summed E-state index contributed by atoms with van der Waals surface area (Å²) in [5.74, 6) is 0. The fraction of sp³-hybridized carbons (Fsp3) is 0. The molecule has 0 amide bonds. The second kappa shape index (κ2) is 44.9. The first-order valence-electron chi connectivity index (χ1n) is 0.577. The Morgan fingerprint density at radius 2 is 1.00 bits per heavy atom. The van der Waals surface area contributed by atoms with Crippen LogP contribution in [0.1, 0.15) is 0 Å². The fourth-order valence-corrected chi connectivity index (χ4v) is 0. The van der Waals surface area contributed by atoms with Gasteiger partial charge in [0, 0.05) is 0 Å². The molecule has 5 heavy (non-hydrogen) atoms. The zero-order chi connectivity index (χ0) is 2.00. The first-order chi connectivity index (χ1) is 1.00. The first kappa shape index (κ1) is 30.2.